The largest absolute Gasteiger partial charge is 0.550 e. The Morgan fingerprint density at radius 3 is 2.81 bits per heavy atom. The minimum atomic E-state index is -1.02. The molecule has 1 saturated heterocycles. The Labute approximate surface area is 126 Å². The van der Waals surface area contributed by atoms with Gasteiger partial charge >= 0.3 is 0 Å². The Hall–Kier alpha value is -1.55. The zero-order valence-electron chi connectivity index (χ0n) is 12.9. The van der Waals surface area contributed by atoms with Gasteiger partial charge < -0.3 is 19.4 Å². The number of rotatable bonds is 5. The van der Waals surface area contributed by atoms with Gasteiger partial charge in [0, 0.05) is 23.6 Å². The molecule has 4 nitrogen and oxygen atoms in total. The van der Waals surface area contributed by atoms with E-state index >= 15 is 0 Å². The molecule has 1 aliphatic rings. The minimum absolute atomic E-state index is 0.0000463. The third-order valence-corrected chi connectivity index (χ3v) is 4.41. The highest BCUT2D eigenvalue weighted by Gasteiger charge is 2.41. The molecule has 1 aliphatic heterocycles. The average molecular weight is 291 g/mol. The fourth-order valence-electron chi connectivity index (χ4n) is 3.24. The molecule has 0 N–H and O–H groups in total. The van der Waals surface area contributed by atoms with Gasteiger partial charge in [0.1, 0.15) is 5.75 Å². The third-order valence-electron chi connectivity index (χ3n) is 4.41. The Morgan fingerprint density at radius 1 is 1.48 bits per heavy atom. The summed E-state index contributed by atoms with van der Waals surface area (Å²) in [4.78, 5) is 11.3. The van der Waals surface area contributed by atoms with Gasteiger partial charge in [0.25, 0.3) is 0 Å². The van der Waals surface area contributed by atoms with Crippen molar-refractivity contribution in [2.45, 2.75) is 44.6 Å². The minimum Gasteiger partial charge on any atom is -0.550 e. The van der Waals surface area contributed by atoms with Crippen LogP contribution in [0.4, 0.5) is 0 Å². The van der Waals surface area contributed by atoms with Crippen molar-refractivity contribution in [3.8, 4) is 5.75 Å². The van der Waals surface area contributed by atoms with Crippen LogP contribution in [0.1, 0.15) is 38.7 Å². The second kappa shape index (κ2) is 6.48. The van der Waals surface area contributed by atoms with Crippen molar-refractivity contribution in [1.82, 2.24) is 0 Å². The molecule has 1 heterocycles. The van der Waals surface area contributed by atoms with Crippen molar-refractivity contribution >= 4 is 5.97 Å². The fraction of sp³-hybridized carbons (Fsp3) is 0.588. The van der Waals surface area contributed by atoms with E-state index in [-0.39, 0.29) is 12.5 Å². The molecule has 2 rings (SSSR count). The van der Waals surface area contributed by atoms with Gasteiger partial charge in [0.05, 0.1) is 13.2 Å². The molecule has 0 unspecified atom stereocenters. The molecule has 1 fully saturated rings. The maximum atomic E-state index is 11.3. The van der Waals surface area contributed by atoms with Crippen LogP contribution in [-0.4, -0.2) is 25.8 Å². The summed E-state index contributed by atoms with van der Waals surface area (Å²) in [5.41, 5.74) is 0.476. The van der Waals surface area contributed by atoms with Crippen LogP contribution in [-0.2, 0) is 14.9 Å². The molecule has 0 aromatic heterocycles. The second-order valence-corrected chi connectivity index (χ2v) is 6.14. The summed E-state index contributed by atoms with van der Waals surface area (Å²) in [5, 5.41) is 11.3. The van der Waals surface area contributed by atoms with Crippen molar-refractivity contribution < 1.29 is 19.4 Å². The molecule has 4 heteroatoms. The number of benzene rings is 1. The van der Waals surface area contributed by atoms with E-state index < -0.39 is 11.4 Å². The van der Waals surface area contributed by atoms with Crippen molar-refractivity contribution in [3.63, 3.8) is 0 Å². The van der Waals surface area contributed by atoms with Crippen molar-refractivity contribution in [2.24, 2.45) is 5.92 Å². The summed E-state index contributed by atoms with van der Waals surface area (Å²) < 4.78 is 11.3. The summed E-state index contributed by atoms with van der Waals surface area (Å²) >= 11 is 0. The molecule has 0 amide bonds. The van der Waals surface area contributed by atoms with Crippen molar-refractivity contribution in [2.75, 3.05) is 13.7 Å². The van der Waals surface area contributed by atoms with Crippen LogP contribution in [0.3, 0.4) is 0 Å². The molecular formula is C17H23O4-. The number of carbonyl (C=O) groups is 1. The van der Waals surface area contributed by atoms with E-state index in [0.29, 0.717) is 25.4 Å². The van der Waals surface area contributed by atoms with Crippen LogP contribution < -0.4 is 9.84 Å². The van der Waals surface area contributed by atoms with Crippen LogP contribution in [0.25, 0.3) is 0 Å². The molecule has 0 radical (unpaired) electrons. The highest BCUT2D eigenvalue weighted by Crippen LogP contribution is 2.45. The number of ether oxygens (including phenoxy) is 2. The zero-order valence-corrected chi connectivity index (χ0v) is 12.9. The van der Waals surface area contributed by atoms with E-state index in [0.717, 1.165) is 11.3 Å². The highest BCUT2D eigenvalue weighted by molar-refractivity contribution is 5.67. The normalized spacial score (nSPS) is 25.8. The first-order valence-electron chi connectivity index (χ1n) is 7.43. The number of hydrogen-bond acceptors (Lipinski definition) is 4. The van der Waals surface area contributed by atoms with Crippen LogP contribution in [0.5, 0.6) is 5.75 Å². The number of carboxylic acids is 1. The van der Waals surface area contributed by atoms with E-state index in [1.807, 2.05) is 24.3 Å². The van der Waals surface area contributed by atoms with E-state index in [1.165, 1.54) is 0 Å². The van der Waals surface area contributed by atoms with E-state index in [1.54, 1.807) is 7.11 Å². The van der Waals surface area contributed by atoms with Gasteiger partial charge in [-0.15, -0.1) is 0 Å². The molecule has 1 aromatic rings. The first-order chi connectivity index (χ1) is 9.98. The molecule has 21 heavy (non-hydrogen) atoms. The summed E-state index contributed by atoms with van der Waals surface area (Å²) in [7, 11) is 1.62. The topological polar surface area (TPSA) is 58.6 Å². The number of hydrogen-bond donors (Lipinski definition) is 0. The van der Waals surface area contributed by atoms with Crippen LogP contribution in [0.15, 0.2) is 24.3 Å². The first kappa shape index (κ1) is 15.8. The molecule has 0 bridgehead atoms. The van der Waals surface area contributed by atoms with Gasteiger partial charge in [-0.25, -0.2) is 0 Å². The molecule has 2 atom stereocenters. The summed E-state index contributed by atoms with van der Waals surface area (Å²) in [5.74, 6) is 0.0644. The van der Waals surface area contributed by atoms with Crippen LogP contribution in [0.2, 0.25) is 0 Å². The monoisotopic (exact) mass is 291 g/mol. The van der Waals surface area contributed by atoms with E-state index in [9.17, 15) is 9.90 Å². The van der Waals surface area contributed by atoms with Gasteiger partial charge in [-0.3, -0.25) is 0 Å². The van der Waals surface area contributed by atoms with Gasteiger partial charge in [-0.2, -0.15) is 0 Å². The highest BCUT2D eigenvalue weighted by atomic mass is 16.5. The van der Waals surface area contributed by atoms with Gasteiger partial charge in [-0.1, -0.05) is 32.0 Å². The lowest BCUT2D eigenvalue weighted by Crippen LogP contribution is -2.44. The van der Waals surface area contributed by atoms with Gasteiger partial charge in [0.15, 0.2) is 0 Å². The zero-order chi connectivity index (χ0) is 15.5. The number of methoxy groups -OCH3 is 1. The quantitative estimate of drug-likeness (QED) is 0.831. The summed E-state index contributed by atoms with van der Waals surface area (Å²) in [6.07, 6.45) is 1.41. The van der Waals surface area contributed by atoms with Crippen molar-refractivity contribution in [1.29, 1.82) is 0 Å². The van der Waals surface area contributed by atoms with Crippen LogP contribution >= 0.6 is 0 Å². The Bertz CT molecular complexity index is 497. The summed E-state index contributed by atoms with van der Waals surface area (Å²) in [6.45, 7) is 4.76. The number of carboxylic acid groups (broad SMARTS) is 1. The first-order valence-corrected chi connectivity index (χ1v) is 7.43. The SMILES string of the molecule is COc1ccccc1[C@@]1(CC(=O)[O-])CCO[C@H](C(C)C)C1. The predicted molar refractivity (Wildman–Crippen MR) is 78.1 cm³/mol. The lowest BCUT2D eigenvalue weighted by atomic mass is 9.68. The number of carbonyl (C=O) groups excluding carboxylic acids is 1. The van der Waals surface area contributed by atoms with Crippen LogP contribution in [0, 0.1) is 5.92 Å². The maximum Gasteiger partial charge on any atom is 0.122 e. The Morgan fingerprint density at radius 2 is 2.19 bits per heavy atom. The smallest absolute Gasteiger partial charge is 0.122 e. The van der Waals surface area contributed by atoms with Crippen molar-refractivity contribution in [3.05, 3.63) is 29.8 Å². The average Bonchev–Trinajstić information content (AvgIpc) is 2.46. The molecule has 0 aliphatic carbocycles. The lowest BCUT2D eigenvalue weighted by molar-refractivity contribution is -0.307. The summed E-state index contributed by atoms with van der Waals surface area (Å²) in [6, 6.07) is 7.67. The lowest BCUT2D eigenvalue weighted by Gasteiger charge is -2.43. The molecule has 0 spiro atoms. The van der Waals surface area contributed by atoms with E-state index in [4.69, 9.17) is 9.47 Å². The van der Waals surface area contributed by atoms with E-state index in [2.05, 4.69) is 13.8 Å². The molecule has 0 saturated carbocycles. The number of aliphatic carboxylic acids is 1. The second-order valence-electron chi connectivity index (χ2n) is 6.14. The third kappa shape index (κ3) is 3.38. The number of para-hydroxylation sites is 1. The Balaban J connectivity index is 2.43. The standard InChI is InChI=1S/C17H24O4/c1-12(2)15-10-17(8-9-21-15,11-16(18)19)13-6-4-5-7-14(13)20-3/h4-7,12,15H,8-11H2,1-3H3,(H,18,19)/p-1/t15-,17-/m0/s1. The Kier molecular flexibility index (Phi) is 4.88. The van der Waals surface area contributed by atoms with Gasteiger partial charge in [-0.05, 0) is 31.2 Å². The fourth-order valence-corrected chi connectivity index (χ4v) is 3.24. The molecular weight excluding hydrogens is 268 g/mol. The molecule has 116 valence electrons. The maximum absolute atomic E-state index is 11.3. The molecule has 1 aromatic carbocycles. The predicted octanol–water partition coefficient (Wildman–Crippen LogP) is 1.91. The van der Waals surface area contributed by atoms with Gasteiger partial charge in [0.2, 0.25) is 0 Å².